The van der Waals surface area contributed by atoms with Crippen LogP contribution in [0, 0.1) is 0 Å². The molecule has 0 saturated heterocycles. The first-order valence-corrected chi connectivity index (χ1v) is 4.83. The van der Waals surface area contributed by atoms with Crippen molar-refractivity contribution in [1.82, 2.24) is 9.88 Å². The summed E-state index contributed by atoms with van der Waals surface area (Å²) in [7, 11) is 0. The SMILES string of the molecule is Nc1ccc2c(n1)CCN(C(=O)CO)C2. The van der Waals surface area contributed by atoms with E-state index in [4.69, 9.17) is 10.8 Å². The summed E-state index contributed by atoms with van der Waals surface area (Å²) in [4.78, 5) is 17.1. The van der Waals surface area contributed by atoms with Gasteiger partial charge in [0.05, 0.1) is 0 Å². The Kier molecular flexibility index (Phi) is 2.55. The molecule has 1 aliphatic heterocycles. The van der Waals surface area contributed by atoms with Gasteiger partial charge in [-0.2, -0.15) is 0 Å². The Morgan fingerprint density at radius 3 is 3.13 bits per heavy atom. The van der Waals surface area contributed by atoms with Crippen molar-refractivity contribution in [2.24, 2.45) is 0 Å². The van der Waals surface area contributed by atoms with Gasteiger partial charge in [0, 0.05) is 25.2 Å². The monoisotopic (exact) mass is 207 g/mol. The van der Waals surface area contributed by atoms with Gasteiger partial charge in [-0.3, -0.25) is 4.79 Å². The molecule has 0 radical (unpaired) electrons. The number of aliphatic hydroxyl groups is 1. The van der Waals surface area contributed by atoms with Crippen molar-refractivity contribution >= 4 is 11.7 Å². The zero-order valence-electron chi connectivity index (χ0n) is 8.31. The second-order valence-electron chi connectivity index (χ2n) is 3.57. The number of aromatic nitrogens is 1. The van der Waals surface area contributed by atoms with Gasteiger partial charge < -0.3 is 15.7 Å². The lowest BCUT2D eigenvalue weighted by Crippen LogP contribution is -2.37. The van der Waals surface area contributed by atoms with E-state index in [1.807, 2.05) is 6.07 Å². The van der Waals surface area contributed by atoms with Crippen molar-refractivity contribution in [3.63, 3.8) is 0 Å². The number of fused-ring (bicyclic) bond motifs is 1. The molecule has 0 aliphatic carbocycles. The van der Waals surface area contributed by atoms with E-state index in [1.165, 1.54) is 0 Å². The van der Waals surface area contributed by atoms with Gasteiger partial charge >= 0.3 is 0 Å². The first kappa shape index (κ1) is 9.92. The van der Waals surface area contributed by atoms with Crippen molar-refractivity contribution in [1.29, 1.82) is 0 Å². The summed E-state index contributed by atoms with van der Waals surface area (Å²) >= 11 is 0. The number of anilines is 1. The van der Waals surface area contributed by atoms with Crippen molar-refractivity contribution < 1.29 is 9.90 Å². The minimum atomic E-state index is -0.433. The number of nitrogens with two attached hydrogens (primary N) is 1. The van der Waals surface area contributed by atoms with E-state index < -0.39 is 6.61 Å². The van der Waals surface area contributed by atoms with Crippen molar-refractivity contribution in [2.45, 2.75) is 13.0 Å². The average Bonchev–Trinajstić information content (AvgIpc) is 2.27. The third-order valence-electron chi connectivity index (χ3n) is 2.56. The summed E-state index contributed by atoms with van der Waals surface area (Å²) in [6, 6.07) is 3.61. The summed E-state index contributed by atoms with van der Waals surface area (Å²) in [5, 5.41) is 8.75. The van der Waals surface area contributed by atoms with E-state index in [-0.39, 0.29) is 5.91 Å². The molecule has 80 valence electrons. The first-order valence-electron chi connectivity index (χ1n) is 4.83. The molecule has 2 heterocycles. The van der Waals surface area contributed by atoms with Crippen LogP contribution in [0.4, 0.5) is 5.82 Å². The number of hydrogen-bond acceptors (Lipinski definition) is 4. The zero-order valence-corrected chi connectivity index (χ0v) is 8.31. The van der Waals surface area contributed by atoms with Crippen LogP contribution in [0.1, 0.15) is 11.3 Å². The molecule has 1 amide bonds. The van der Waals surface area contributed by atoms with Gasteiger partial charge in [0.15, 0.2) is 0 Å². The lowest BCUT2D eigenvalue weighted by atomic mass is 10.1. The minimum Gasteiger partial charge on any atom is -0.387 e. The predicted octanol–water partition coefficient (Wildman–Crippen LogP) is -0.459. The molecule has 2 rings (SSSR count). The maximum Gasteiger partial charge on any atom is 0.248 e. The Morgan fingerprint density at radius 1 is 1.60 bits per heavy atom. The second kappa shape index (κ2) is 3.86. The highest BCUT2D eigenvalue weighted by atomic mass is 16.3. The number of aliphatic hydroxyl groups excluding tert-OH is 1. The molecule has 1 aliphatic rings. The van der Waals surface area contributed by atoms with Gasteiger partial charge in [0.1, 0.15) is 12.4 Å². The maximum atomic E-state index is 11.3. The summed E-state index contributed by atoms with van der Waals surface area (Å²) in [6.45, 7) is 0.683. The third-order valence-corrected chi connectivity index (χ3v) is 2.56. The van der Waals surface area contributed by atoms with Crippen LogP contribution >= 0.6 is 0 Å². The number of amides is 1. The number of carbonyl (C=O) groups is 1. The van der Waals surface area contributed by atoms with E-state index >= 15 is 0 Å². The van der Waals surface area contributed by atoms with E-state index in [0.29, 0.717) is 25.3 Å². The van der Waals surface area contributed by atoms with Crippen molar-refractivity contribution in [3.05, 3.63) is 23.4 Å². The Bertz CT molecular complexity index is 392. The fourth-order valence-electron chi connectivity index (χ4n) is 1.75. The fraction of sp³-hybridized carbons (Fsp3) is 0.400. The molecule has 0 atom stereocenters. The quantitative estimate of drug-likeness (QED) is 0.653. The molecule has 0 bridgehead atoms. The van der Waals surface area contributed by atoms with Gasteiger partial charge in [-0.25, -0.2) is 4.98 Å². The molecule has 3 N–H and O–H groups in total. The van der Waals surface area contributed by atoms with Crippen LogP contribution in [-0.2, 0) is 17.8 Å². The molecule has 5 heteroatoms. The number of nitrogen functional groups attached to an aromatic ring is 1. The Balaban J connectivity index is 2.20. The molecule has 1 aromatic rings. The van der Waals surface area contributed by atoms with E-state index in [1.54, 1.807) is 11.0 Å². The van der Waals surface area contributed by atoms with Crippen molar-refractivity contribution in [2.75, 3.05) is 18.9 Å². The van der Waals surface area contributed by atoms with Gasteiger partial charge in [-0.1, -0.05) is 6.07 Å². The van der Waals surface area contributed by atoms with E-state index in [2.05, 4.69) is 4.98 Å². The van der Waals surface area contributed by atoms with Crippen LogP contribution in [0.5, 0.6) is 0 Å². The molecule has 0 fully saturated rings. The molecule has 1 aromatic heterocycles. The number of nitrogens with zero attached hydrogens (tertiary/aromatic N) is 2. The Morgan fingerprint density at radius 2 is 2.40 bits per heavy atom. The summed E-state index contributed by atoms with van der Waals surface area (Å²) in [5.41, 5.74) is 7.54. The molecule has 0 aromatic carbocycles. The predicted molar refractivity (Wildman–Crippen MR) is 54.9 cm³/mol. The maximum absolute atomic E-state index is 11.3. The van der Waals surface area contributed by atoms with E-state index in [0.717, 1.165) is 11.3 Å². The largest absolute Gasteiger partial charge is 0.387 e. The van der Waals surface area contributed by atoms with Gasteiger partial charge in [0.25, 0.3) is 0 Å². The molecular formula is C10H13N3O2. The summed E-state index contributed by atoms with van der Waals surface area (Å²) in [5.74, 6) is 0.271. The standard InChI is InChI=1S/C10H13N3O2/c11-9-2-1-7-5-13(10(15)6-14)4-3-8(7)12-9/h1-2,14H,3-6H2,(H2,11,12). The molecule has 15 heavy (non-hydrogen) atoms. The van der Waals surface area contributed by atoms with Crippen molar-refractivity contribution in [3.8, 4) is 0 Å². The highest BCUT2D eigenvalue weighted by Gasteiger charge is 2.20. The van der Waals surface area contributed by atoms with Gasteiger partial charge in [-0.05, 0) is 11.6 Å². The van der Waals surface area contributed by atoms with Crippen LogP contribution in [0.25, 0.3) is 0 Å². The van der Waals surface area contributed by atoms with Crippen LogP contribution in [0.15, 0.2) is 12.1 Å². The van der Waals surface area contributed by atoms with E-state index in [9.17, 15) is 4.79 Å². The second-order valence-corrected chi connectivity index (χ2v) is 3.57. The van der Waals surface area contributed by atoms with Crippen LogP contribution < -0.4 is 5.73 Å². The highest BCUT2D eigenvalue weighted by molar-refractivity contribution is 5.77. The Hall–Kier alpha value is -1.62. The molecule has 0 saturated carbocycles. The van der Waals surface area contributed by atoms with Crippen LogP contribution in [0.2, 0.25) is 0 Å². The summed E-state index contributed by atoms with van der Waals surface area (Å²) < 4.78 is 0. The smallest absolute Gasteiger partial charge is 0.248 e. The summed E-state index contributed by atoms with van der Waals surface area (Å²) in [6.07, 6.45) is 0.701. The third kappa shape index (κ3) is 1.92. The average molecular weight is 207 g/mol. The highest BCUT2D eigenvalue weighted by Crippen LogP contribution is 2.18. The van der Waals surface area contributed by atoms with Gasteiger partial charge in [-0.15, -0.1) is 0 Å². The molecule has 0 unspecified atom stereocenters. The lowest BCUT2D eigenvalue weighted by Gasteiger charge is -2.27. The number of hydrogen-bond donors (Lipinski definition) is 2. The zero-order chi connectivity index (χ0) is 10.8. The minimum absolute atomic E-state index is 0.238. The van der Waals surface area contributed by atoms with Gasteiger partial charge in [0.2, 0.25) is 5.91 Å². The first-order chi connectivity index (χ1) is 7.20. The number of carbonyl (C=O) groups excluding carboxylic acids is 1. The molecule has 5 nitrogen and oxygen atoms in total. The number of rotatable bonds is 1. The molecular weight excluding hydrogens is 194 g/mol. The molecule has 0 spiro atoms. The topological polar surface area (TPSA) is 79.5 Å². The lowest BCUT2D eigenvalue weighted by molar-refractivity contribution is -0.135. The van der Waals surface area contributed by atoms with Crippen LogP contribution in [0.3, 0.4) is 0 Å². The number of pyridine rings is 1. The Labute approximate surface area is 87.5 Å². The normalized spacial score (nSPS) is 14.9. The fourth-order valence-corrected chi connectivity index (χ4v) is 1.75. The van der Waals surface area contributed by atoms with Crippen LogP contribution in [-0.4, -0.2) is 34.0 Å².